The third-order valence-corrected chi connectivity index (χ3v) is 4.06. The van der Waals surface area contributed by atoms with Gasteiger partial charge in [-0.2, -0.15) is 5.10 Å². The topological polar surface area (TPSA) is 61.2 Å². The van der Waals surface area contributed by atoms with Crippen LogP contribution in [0, 0.1) is 6.92 Å². The molecule has 1 aromatic heterocycles. The number of rotatable bonds is 4. The Bertz CT molecular complexity index is 764. The van der Waals surface area contributed by atoms with Crippen molar-refractivity contribution in [3.8, 4) is 11.3 Å². The fourth-order valence-corrected chi connectivity index (χ4v) is 2.34. The predicted octanol–water partition coefficient (Wildman–Crippen LogP) is 4.31. The Labute approximate surface area is 143 Å². The van der Waals surface area contributed by atoms with Gasteiger partial charge in [-0.15, -0.1) is 4.68 Å². The number of halogens is 2. The Kier molecular flexibility index (Phi) is 5.80. The number of aromatic nitrogens is 2. The van der Waals surface area contributed by atoms with Gasteiger partial charge in [0.15, 0.2) is 0 Å². The van der Waals surface area contributed by atoms with Gasteiger partial charge in [0.2, 0.25) is 0 Å². The lowest BCUT2D eigenvalue weighted by Crippen LogP contribution is -2.30. The second kappa shape index (κ2) is 7.62. The van der Waals surface area contributed by atoms with Crippen LogP contribution in [0.25, 0.3) is 11.3 Å². The Morgan fingerprint density at radius 3 is 2.52 bits per heavy atom. The van der Waals surface area contributed by atoms with E-state index >= 15 is 0 Å². The number of carbonyl (C=O) groups is 1. The van der Waals surface area contributed by atoms with E-state index in [0.717, 1.165) is 18.4 Å². The molecule has 0 aliphatic heterocycles. The van der Waals surface area contributed by atoms with Crippen LogP contribution in [0.5, 0.6) is 0 Å². The summed E-state index contributed by atoms with van der Waals surface area (Å²) in [4.78, 5) is 23.8. The van der Waals surface area contributed by atoms with Gasteiger partial charge < -0.3 is 4.74 Å². The number of hydrogen-bond donors (Lipinski definition) is 0. The molecule has 0 N–H and O–H groups in total. The molecule has 122 valence electrons. The van der Waals surface area contributed by atoms with E-state index in [1.54, 1.807) is 19.1 Å². The highest BCUT2D eigenvalue weighted by Crippen LogP contribution is 2.29. The van der Waals surface area contributed by atoms with Crippen molar-refractivity contribution in [1.29, 1.82) is 0 Å². The zero-order valence-electron chi connectivity index (χ0n) is 12.8. The van der Waals surface area contributed by atoms with E-state index in [0.29, 0.717) is 26.0 Å². The SMILES string of the molecule is CCCCOC(=O)n1nc(-c2cc(Cl)c(C)c(Cl)c2)ccc1=O. The zero-order valence-corrected chi connectivity index (χ0v) is 14.3. The van der Waals surface area contributed by atoms with Crippen LogP contribution >= 0.6 is 23.2 Å². The maximum absolute atomic E-state index is 11.9. The minimum Gasteiger partial charge on any atom is -0.448 e. The summed E-state index contributed by atoms with van der Waals surface area (Å²) in [6.45, 7) is 4.02. The standard InChI is InChI=1S/C16H16Cl2N2O3/c1-3-4-7-23-16(22)20-15(21)6-5-14(19-20)11-8-12(17)10(2)13(18)9-11/h5-6,8-9H,3-4,7H2,1-2H3. The zero-order chi connectivity index (χ0) is 17.0. The van der Waals surface area contributed by atoms with Crippen LogP contribution in [-0.4, -0.2) is 22.5 Å². The third kappa shape index (κ3) is 4.12. The summed E-state index contributed by atoms with van der Waals surface area (Å²) in [6.07, 6.45) is 0.814. The Morgan fingerprint density at radius 1 is 1.26 bits per heavy atom. The molecular formula is C16H16Cl2N2O3. The average molecular weight is 355 g/mol. The van der Waals surface area contributed by atoms with Gasteiger partial charge in [-0.25, -0.2) is 4.79 Å². The van der Waals surface area contributed by atoms with Crippen LogP contribution in [0.3, 0.4) is 0 Å². The predicted molar refractivity (Wildman–Crippen MR) is 90.3 cm³/mol. The summed E-state index contributed by atoms with van der Waals surface area (Å²) in [7, 11) is 0. The summed E-state index contributed by atoms with van der Waals surface area (Å²) in [5, 5.41) is 5.01. The first kappa shape index (κ1) is 17.5. The van der Waals surface area contributed by atoms with E-state index < -0.39 is 11.7 Å². The van der Waals surface area contributed by atoms with Gasteiger partial charge in [-0.3, -0.25) is 4.79 Å². The highest BCUT2D eigenvalue weighted by Gasteiger charge is 2.13. The summed E-state index contributed by atoms with van der Waals surface area (Å²) in [5.41, 5.74) is 1.21. The number of benzene rings is 1. The molecule has 0 radical (unpaired) electrons. The summed E-state index contributed by atoms with van der Waals surface area (Å²) in [6, 6.07) is 6.13. The molecule has 2 rings (SSSR count). The molecule has 0 atom stereocenters. The quantitative estimate of drug-likeness (QED) is 0.767. The molecular weight excluding hydrogens is 339 g/mol. The van der Waals surface area contributed by atoms with Gasteiger partial charge in [0.05, 0.1) is 12.3 Å². The molecule has 0 unspecified atom stereocenters. The molecule has 23 heavy (non-hydrogen) atoms. The second-order valence-corrected chi connectivity index (χ2v) is 5.82. The number of nitrogens with zero attached hydrogens (tertiary/aromatic N) is 2. The van der Waals surface area contributed by atoms with Crippen molar-refractivity contribution < 1.29 is 9.53 Å². The number of carbonyl (C=O) groups excluding carboxylic acids is 1. The molecule has 0 aliphatic carbocycles. The van der Waals surface area contributed by atoms with Gasteiger partial charge in [-0.05, 0) is 37.1 Å². The van der Waals surface area contributed by atoms with Crippen molar-refractivity contribution in [2.45, 2.75) is 26.7 Å². The lowest BCUT2D eigenvalue weighted by molar-refractivity contribution is 0.141. The highest BCUT2D eigenvalue weighted by molar-refractivity contribution is 6.36. The molecule has 0 amide bonds. The Morgan fingerprint density at radius 2 is 1.91 bits per heavy atom. The van der Waals surface area contributed by atoms with E-state index in [-0.39, 0.29) is 6.61 Å². The van der Waals surface area contributed by atoms with Crippen molar-refractivity contribution in [3.63, 3.8) is 0 Å². The minimum atomic E-state index is -0.797. The maximum atomic E-state index is 11.9. The molecule has 5 nitrogen and oxygen atoms in total. The molecule has 0 saturated heterocycles. The van der Waals surface area contributed by atoms with E-state index in [9.17, 15) is 9.59 Å². The largest absolute Gasteiger partial charge is 0.448 e. The van der Waals surface area contributed by atoms with Crippen LogP contribution in [0.1, 0.15) is 25.3 Å². The fourth-order valence-electron chi connectivity index (χ4n) is 1.85. The summed E-state index contributed by atoms with van der Waals surface area (Å²) in [5.74, 6) is 0. The molecule has 0 aliphatic rings. The molecule has 2 aromatic rings. The average Bonchev–Trinajstić information content (AvgIpc) is 2.52. The Hall–Kier alpha value is -1.85. The van der Waals surface area contributed by atoms with Gasteiger partial charge in [0.1, 0.15) is 0 Å². The fraction of sp³-hybridized carbons (Fsp3) is 0.312. The number of unbranched alkanes of at least 4 members (excludes halogenated alkanes) is 1. The van der Waals surface area contributed by atoms with E-state index in [1.165, 1.54) is 12.1 Å². The minimum absolute atomic E-state index is 0.246. The first-order chi connectivity index (χ1) is 10.9. The van der Waals surface area contributed by atoms with Crippen molar-refractivity contribution >= 4 is 29.3 Å². The monoisotopic (exact) mass is 354 g/mol. The first-order valence-electron chi connectivity index (χ1n) is 7.17. The molecule has 1 aromatic carbocycles. The lowest BCUT2D eigenvalue weighted by Gasteiger charge is -2.09. The number of ether oxygens (including phenoxy) is 1. The van der Waals surface area contributed by atoms with Crippen LogP contribution in [0.2, 0.25) is 10.0 Å². The molecule has 7 heteroatoms. The molecule has 0 bridgehead atoms. The van der Waals surface area contributed by atoms with Gasteiger partial charge in [-0.1, -0.05) is 36.5 Å². The van der Waals surface area contributed by atoms with E-state index in [2.05, 4.69) is 5.10 Å². The summed E-state index contributed by atoms with van der Waals surface area (Å²) >= 11 is 12.2. The normalized spacial score (nSPS) is 10.6. The third-order valence-electron chi connectivity index (χ3n) is 3.27. The van der Waals surface area contributed by atoms with Crippen molar-refractivity contribution in [1.82, 2.24) is 9.78 Å². The second-order valence-electron chi connectivity index (χ2n) is 5.00. The maximum Gasteiger partial charge on any atom is 0.438 e. The van der Waals surface area contributed by atoms with Gasteiger partial charge >= 0.3 is 6.09 Å². The first-order valence-corrected chi connectivity index (χ1v) is 7.93. The van der Waals surface area contributed by atoms with Crippen LogP contribution in [-0.2, 0) is 4.74 Å². The van der Waals surface area contributed by atoms with Crippen LogP contribution in [0.15, 0.2) is 29.1 Å². The van der Waals surface area contributed by atoms with E-state index in [1.807, 2.05) is 6.92 Å². The Balaban J connectivity index is 2.37. The van der Waals surface area contributed by atoms with E-state index in [4.69, 9.17) is 27.9 Å². The highest BCUT2D eigenvalue weighted by atomic mass is 35.5. The number of hydrogen-bond acceptors (Lipinski definition) is 4. The van der Waals surface area contributed by atoms with Crippen LogP contribution < -0.4 is 5.56 Å². The molecule has 0 fully saturated rings. The van der Waals surface area contributed by atoms with Crippen molar-refractivity contribution in [3.05, 3.63) is 50.2 Å². The van der Waals surface area contributed by atoms with Crippen molar-refractivity contribution in [2.75, 3.05) is 6.61 Å². The van der Waals surface area contributed by atoms with Gasteiger partial charge in [0.25, 0.3) is 5.56 Å². The molecule has 1 heterocycles. The molecule has 0 saturated carbocycles. The van der Waals surface area contributed by atoms with Crippen molar-refractivity contribution in [2.24, 2.45) is 0 Å². The molecule has 0 spiro atoms. The summed E-state index contributed by atoms with van der Waals surface area (Å²) < 4.78 is 5.72. The lowest BCUT2D eigenvalue weighted by atomic mass is 10.1. The van der Waals surface area contributed by atoms with Gasteiger partial charge in [0, 0.05) is 21.7 Å². The smallest absolute Gasteiger partial charge is 0.438 e. The van der Waals surface area contributed by atoms with Crippen LogP contribution in [0.4, 0.5) is 4.79 Å².